The highest BCUT2D eigenvalue weighted by molar-refractivity contribution is 5.85. The zero-order valence-corrected chi connectivity index (χ0v) is 17.5. The van der Waals surface area contributed by atoms with Crippen molar-refractivity contribution in [2.24, 2.45) is 0 Å². The first-order chi connectivity index (χ1) is 14.8. The van der Waals surface area contributed by atoms with Gasteiger partial charge in [-0.05, 0) is 35.4 Å². The number of imidazole rings is 1. The van der Waals surface area contributed by atoms with Crippen LogP contribution in [0.1, 0.15) is 5.56 Å². The highest BCUT2D eigenvalue weighted by atomic mass is 35.5. The first-order valence-electron chi connectivity index (χ1n) is 9.42. The Balaban J connectivity index is 0.00000231. The molecular weight excluding hydrogens is 418 g/mol. The van der Waals surface area contributed by atoms with E-state index in [4.69, 9.17) is 19.2 Å². The first kappa shape index (κ1) is 20.5. The summed E-state index contributed by atoms with van der Waals surface area (Å²) in [5.74, 6) is 3.58. The van der Waals surface area contributed by atoms with Crippen molar-refractivity contribution in [3.63, 3.8) is 0 Å². The number of fused-ring (bicyclic) bond motifs is 1. The van der Waals surface area contributed by atoms with E-state index >= 15 is 0 Å². The summed E-state index contributed by atoms with van der Waals surface area (Å²) in [6.07, 6.45) is 6.99. The fourth-order valence-electron chi connectivity index (χ4n) is 3.23. The molecule has 0 aliphatic carbocycles. The lowest BCUT2D eigenvalue weighted by Gasteiger charge is -2.13. The Morgan fingerprint density at radius 2 is 1.94 bits per heavy atom. The zero-order chi connectivity index (χ0) is 20.3. The predicted octanol–water partition coefficient (Wildman–Crippen LogP) is 4.10. The van der Waals surface area contributed by atoms with E-state index < -0.39 is 0 Å². The van der Waals surface area contributed by atoms with E-state index in [2.05, 4.69) is 15.3 Å². The fourth-order valence-corrected chi connectivity index (χ4v) is 3.23. The second-order valence-electron chi connectivity index (χ2n) is 6.67. The molecule has 0 amide bonds. The predicted molar refractivity (Wildman–Crippen MR) is 118 cm³/mol. The van der Waals surface area contributed by atoms with Crippen LogP contribution in [0.3, 0.4) is 0 Å². The third-order valence-electron chi connectivity index (χ3n) is 4.81. The lowest BCUT2D eigenvalue weighted by atomic mass is 10.1. The first-order valence-corrected chi connectivity index (χ1v) is 9.42. The van der Waals surface area contributed by atoms with Gasteiger partial charge in [0.2, 0.25) is 12.7 Å². The molecule has 1 aliphatic rings. The van der Waals surface area contributed by atoms with Crippen molar-refractivity contribution in [2.45, 2.75) is 6.54 Å². The van der Waals surface area contributed by atoms with E-state index in [0.29, 0.717) is 12.5 Å². The SMILES string of the molecule is COc1ccc(-c2cnc(-n3ccnc3)nc2NCc2ccc3c(c2)OCO3)cc1.Cl. The number of halogens is 1. The van der Waals surface area contributed by atoms with E-state index in [1.165, 1.54) is 0 Å². The Kier molecular flexibility index (Phi) is 5.90. The van der Waals surface area contributed by atoms with Crippen LogP contribution in [-0.4, -0.2) is 33.4 Å². The molecule has 0 saturated carbocycles. The molecule has 1 aliphatic heterocycles. The molecule has 3 heterocycles. The van der Waals surface area contributed by atoms with Gasteiger partial charge in [0.1, 0.15) is 17.9 Å². The molecule has 0 spiro atoms. The Labute approximate surface area is 185 Å². The minimum atomic E-state index is 0. The summed E-state index contributed by atoms with van der Waals surface area (Å²) in [5.41, 5.74) is 2.94. The van der Waals surface area contributed by atoms with Crippen molar-refractivity contribution in [1.82, 2.24) is 19.5 Å². The molecule has 4 aromatic rings. The minimum Gasteiger partial charge on any atom is -0.497 e. The summed E-state index contributed by atoms with van der Waals surface area (Å²) in [7, 11) is 1.65. The summed E-state index contributed by atoms with van der Waals surface area (Å²) in [5, 5.41) is 3.44. The number of hydrogen-bond donors (Lipinski definition) is 1. The summed E-state index contributed by atoms with van der Waals surface area (Å²) < 4.78 is 17.9. The molecular formula is C22H20ClN5O3. The van der Waals surface area contributed by atoms with Gasteiger partial charge in [-0.2, -0.15) is 4.98 Å². The van der Waals surface area contributed by atoms with E-state index in [0.717, 1.165) is 39.8 Å². The molecule has 9 heteroatoms. The quantitative estimate of drug-likeness (QED) is 0.486. The van der Waals surface area contributed by atoms with Gasteiger partial charge in [-0.3, -0.25) is 4.57 Å². The molecule has 31 heavy (non-hydrogen) atoms. The zero-order valence-electron chi connectivity index (χ0n) is 16.7. The molecule has 2 aromatic heterocycles. The van der Waals surface area contributed by atoms with Crippen molar-refractivity contribution in [3.8, 4) is 34.3 Å². The summed E-state index contributed by atoms with van der Waals surface area (Å²) in [6.45, 7) is 0.828. The number of anilines is 1. The molecule has 0 fully saturated rings. The molecule has 5 rings (SSSR count). The Hall–Kier alpha value is -3.78. The minimum absolute atomic E-state index is 0. The molecule has 0 atom stereocenters. The van der Waals surface area contributed by atoms with Crippen LogP contribution in [-0.2, 0) is 6.54 Å². The number of nitrogens with zero attached hydrogens (tertiary/aromatic N) is 4. The van der Waals surface area contributed by atoms with Crippen molar-refractivity contribution in [3.05, 3.63) is 72.9 Å². The van der Waals surface area contributed by atoms with Crippen molar-refractivity contribution >= 4 is 18.2 Å². The van der Waals surface area contributed by atoms with Gasteiger partial charge >= 0.3 is 0 Å². The van der Waals surface area contributed by atoms with Gasteiger partial charge in [-0.25, -0.2) is 9.97 Å². The summed E-state index contributed by atoms with van der Waals surface area (Å²) in [6, 6.07) is 13.7. The molecule has 1 N–H and O–H groups in total. The lowest BCUT2D eigenvalue weighted by molar-refractivity contribution is 0.174. The molecule has 0 unspecified atom stereocenters. The lowest BCUT2D eigenvalue weighted by Crippen LogP contribution is -2.07. The van der Waals surface area contributed by atoms with Gasteiger partial charge < -0.3 is 19.5 Å². The smallest absolute Gasteiger partial charge is 0.236 e. The maximum Gasteiger partial charge on any atom is 0.236 e. The van der Waals surface area contributed by atoms with Crippen LogP contribution < -0.4 is 19.5 Å². The third-order valence-corrected chi connectivity index (χ3v) is 4.81. The number of nitrogens with one attached hydrogen (secondary N) is 1. The van der Waals surface area contributed by atoms with Crippen LogP contribution >= 0.6 is 12.4 Å². The van der Waals surface area contributed by atoms with Crippen LogP contribution in [0.15, 0.2) is 67.4 Å². The van der Waals surface area contributed by atoms with E-state index in [-0.39, 0.29) is 19.2 Å². The Bertz CT molecular complexity index is 1170. The van der Waals surface area contributed by atoms with Gasteiger partial charge in [0.15, 0.2) is 11.5 Å². The van der Waals surface area contributed by atoms with Crippen LogP contribution in [0.5, 0.6) is 17.2 Å². The largest absolute Gasteiger partial charge is 0.497 e. The molecule has 0 saturated heterocycles. The molecule has 8 nitrogen and oxygen atoms in total. The van der Waals surface area contributed by atoms with Gasteiger partial charge in [0.05, 0.1) is 7.11 Å². The van der Waals surface area contributed by atoms with Crippen molar-refractivity contribution in [1.29, 1.82) is 0 Å². The third kappa shape index (κ3) is 4.24. The fraction of sp³-hybridized carbons (Fsp3) is 0.136. The Morgan fingerprint density at radius 1 is 1.10 bits per heavy atom. The van der Waals surface area contributed by atoms with Crippen molar-refractivity contribution in [2.75, 3.05) is 19.2 Å². The number of benzene rings is 2. The maximum absolute atomic E-state index is 5.48. The second-order valence-corrected chi connectivity index (χ2v) is 6.67. The highest BCUT2D eigenvalue weighted by Crippen LogP contribution is 2.33. The number of rotatable bonds is 6. The van der Waals surface area contributed by atoms with Crippen LogP contribution in [0, 0.1) is 0 Å². The normalized spacial score (nSPS) is 11.6. The standard InChI is InChI=1S/C22H19N5O3.ClH/c1-28-17-5-3-16(4-6-17)18-12-25-22(27-9-8-23-13-27)26-21(18)24-11-15-2-7-19-20(10-15)30-14-29-19;/h2-10,12-13H,11,14H2,1H3,(H,24,25,26);1H. The Morgan fingerprint density at radius 3 is 2.71 bits per heavy atom. The maximum atomic E-state index is 5.48. The van der Waals surface area contributed by atoms with E-state index in [1.807, 2.05) is 54.9 Å². The highest BCUT2D eigenvalue weighted by Gasteiger charge is 2.14. The molecule has 0 bridgehead atoms. The van der Waals surface area contributed by atoms with Crippen LogP contribution in [0.2, 0.25) is 0 Å². The van der Waals surface area contributed by atoms with E-state index in [1.54, 1.807) is 24.2 Å². The van der Waals surface area contributed by atoms with Gasteiger partial charge in [0, 0.05) is 30.7 Å². The topological polar surface area (TPSA) is 83.3 Å². The average Bonchev–Trinajstić information content (AvgIpc) is 3.49. The summed E-state index contributed by atoms with van der Waals surface area (Å²) >= 11 is 0. The molecule has 158 valence electrons. The van der Waals surface area contributed by atoms with E-state index in [9.17, 15) is 0 Å². The number of aromatic nitrogens is 4. The molecule has 0 radical (unpaired) electrons. The van der Waals surface area contributed by atoms with Gasteiger partial charge in [-0.1, -0.05) is 18.2 Å². The monoisotopic (exact) mass is 437 g/mol. The van der Waals surface area contributed by atoms with Crippen LogP contribution in [0.4, 0.5) is 5.82 Å². The molecule has 2 aromatic carbocycles. The van der Waals surface area contributed by atoms with Crippen LogP contribution in [0.25, 0.3) is 17.1 Å². The number of hydrogen-bond acceptors (Lipinski definition) is 7. The number of ether oxygens (including phenoxy) is 3. The average molecular weight is 438 g/mol. The van der Waals surface area contributed by atoms with Crippen molar-refractivity contribution < 1.29 is 14.2 Å². The second kappa shape index (κ2) is 8.93. The summed E-state index contributed by atoms with van der Waals surface area (Å²) in [4.78, 5) is 13.3. The van der Waals surface area contributed by atoms with Gasteiger partial charge in [0.25, 0.3) is 0 Å². The number of methoxy groups -OCH3 is 1. The van der Waals surface area contributed by atoms with Gasteiger partial charge in [-0.15, -0.1) is 12.4 Å².